The molecule has 2 aliphatic heterocycles. The van der Waals surface area contributed by atoms with E-state index < -0.39 is 12.1 Å². The van der Waals surface area contributed by atoms with E-state index >= 15 is 0 Å². The monoisotopic (exact) mass is 463 g/mol. The Morgan fingerprint density at radius 2 is 1.47 bits per heavy atom. The molecule has 0 saturated carbocycles. The van der Waals surface area contributed by atoms with Crippen LogP contribution < -0.4 is 0 Å². The van der Waals surface area contributed by atoms with Crippen molar-refractivity contribution >= 4 is 29.6 Å². The summed E-state index contributed by atoms with van der Waals surface area (Å²) in [7, 11) is 0. The van der Waals surface area contributed by atoms with E-state index in [4.69, 9.17) is 4.74 Å². The Hall–Kier alpha value is -4.01. The van der Waals surface area contributed by atoms with Gasteiger partial charge < -0.3 is 14.5 Å². The molecule has 2 aromatic carbocycles. The Morgan fingerprint density at radius 3 is 2.06 bits per heavy atom. The Balaban J connectivity index is 1.38. The van der Waals surface area contributed by atoms with Crippen molar-refractivity contribution in [3.8, 4) is 0 Å². The molecule has 0 N–H and O–H groups in total. The van der Waals surface area contributed by atoms with Gasteiger partial charge in [-0.3, -0.25) is 24.1 Å². The Bertz CT molecular complexity index is 1130. The van der Waals surface area contributed by atoms with Crippen LogP contribution in [0, 0.1) is 0 Å². The van der Waals surface area contributed by atoms with Gasteiger partial charge in [-0.1, -0.05) is 24.3 Å². The minimum absolute atomic E-state index is 0.0162. The van der Waals surface area contributed by atoms with Crippen LogP contribution in [-0.2, 0) is 20.9 Å². The molecule has 1 unspecified atom stereocenters. The van der Waals surface area contributed by atoms with Crippen LogP contribution in [0.15, 0.2) is 48.5 Å². The van der Waals surface area contributed by atoms with Crippen LogP contribution >= 0.6 is 0 Å². The summed E-state index contributed by atoms with van der Waals surface area (Å²) in [5.41, 5.74) is 1.53. The molecule has 0 bridgehead atoms. The molecule has 1 fully saturated rings. The van der Waals surface area contributed by atoms with Crippen molar-refractivity contribution in [2.24, 2.45) is 0 Å². The Kier molecular flexibility index (Phi) is 6.45. The van der Waals surface area contributed by atoms with Crippen molar-refractivity contribution < 1.29 is 28.7 Å². The normalized spacial score (nSPS) is 16.4. The zero-order valence-electron chi connectivity index (χ0n) is 19.0. The lowest BCUT2D eigenvalue weighted by Crippen LogP contribution is -2.52. The van der Waals surface area contributed by atoms with Crippen LogP contribution in [0.1, 0.15) is 50.5 Å². The maximum Gasteiger partial charge on any atom is 0.338 e. The van der Waals surface area contributed by atoms with E-state index in [-0.39, 0.29) is 35.7 Å². The fraction of sp³-hybridized carbons (Fsp3) is 0.320. The van der Waals surface area contributed by atoms with Crippen LogP contribution in [0.25, 0.3) is 0 Å². The molecule has 1 atom stereocenters. The second-order valence-electron chi connectivity index (χ2n) is 8.32. The van der Waals surface area contributed by atoms with E-state index in [9.17, 15) is 24.0 Å². The quantitative estimate of drug-likeness (QED) is 0.494. The number of rotatable bonds is 5. The number of nitrogens with zero attached hydrogens (tertiary/aromatic N) is 3. The van der Waals surface area contributed by atoms with Gasteiger partial charge >= 0.3 is 5.97 Å². The summed E-state index contributed by atoms with van der Waals surface area (Å²) in [6.07, 6.45) is -0.990. The molecule has 1 saturated heterocycles. The maximum atomic E-state index is 12.7. The lowest BCUT2D eigenvalue weighted by Gasteiger charge is -2.35. The number of amides is 4. The molecular weight excluding hydrogens is 438 g/mol. The van der Waals surface area contributed by atoms with Gasteiger partial charge in [0.25, 0.3) is 17.7 Å². The van der Waals surface area contributed by atoms with Crippen molar-refractivity contribution in [2.75, 3.05) is 26.2 Å². The van der Waals surface area contributed by atoms with Gasteiger partial charge in [-0.15, -0.1) is 0 Å². The first-order valence-corrected chi connectivity index (χ1v) is 11.1. The molecule has 0 radical (unpaired) electrons. The smallest absolute Gasteiger partial charge is 0.338 e. The van der Waals surface area contributed by atoms with E-state index in [1.54, 1.807) is 58.3 Å². The van der Waals surface area contributed by atoms with Crippen LogP contribution in [-0.4, -0.2) is 76.6 Å². The molecule has 176 valence electrons. The second kappa shape index (κ2) is 9.46. The molecule has 2 aromatic rings. The van der Waals surface area contributed by atoms with Crippen molar-refractivity contribution in [3.05, 3.63) is 70.8 Å². The van der Waals surface area contributed by atoms with E-state index in [1.165, 1.54) is 13.8 Å². The number of piperazine rings is 1. The van der Waals surface area contributed by atoms with Crippen molar-refractivity contribution in [3.63, 3.8) is 0 Å². The van der Waals surface area contributed by atoms with Gasteiger partial charge in [0.05, 0.1) is 23.2 Å². The highest BCUT2D eigenvalue weighted by molar-refractivity contribution is 6.21. The summed E-state index contributed by atoms with van der Waals surface area (Å²) in [6.45, 7) is 4.68. The zero-order valence-corrected chi connectivity index (χ0v) is 19.0. The first kappa shape index (κ1) is 23.2. The first-order valence-electron chi connectivity index (χ1n) is 11.1. The highest BCUT2D eigenvalue weighted by Crippen LogP contribution is 2.24. The van der Waals surface area contributed by atoms with Gasteiger partial charge in [0.2, 0.25) is 5.91 Å². The fourth-order valence-corrected chi connectivity index (χ4v) is 4.14. The highest BCUT2D eigenvalue weighted by Gasteiger charge is 2.35. The van der Waals surface area contributed by atoms with Gasteiger partial charge in [-0.2, -0.15) is 0 Å². The molecule has 0 aliphatic carbocycles. The third kappa shape index (κ3) is 4.54. The van der Waals surface area contributed by atoms with Crippen LogP contribution in [0.3, 0.4) is 0 Å². The lowest BCUT2D eigenvalue weighted by molar-refractivity contribution is -0.144. The number of carbonyl (C=O) groups is 5. The third-order valence-electron chi connectivity index (χ3n) is 6.05. The summed E-state index contributed by atoms with van der Waals surface area (Å²) in [5.74, 6) is -1.78. The topological polar surface area (TPSA) is 104 Å². The molecule has 0 aromatic heterocycles. The molecule has 9 heteroatoms. The lowest BCUT2D eigenvalue weighted by atomic mass is 10.1. The van der Waals surface area contributed by atoms with Crippen molar-refractivity contribution in [1.29, 1.82) is 0 Å². The van der Waals surface area contributed by atoms with Gasteiger partial charge in [0, 0.05) is 33.1 Å². The predicted molar refractivity (Wildman–Crippen MR) is 121 cm³/mol. The Labute approximate surface area is 196 Å². The number of fused-ring (bicyclic) bond motifs is 1. The largest absolute Gasteiger partial charge is 0.449 e. The van der Waals surface area contributed by atoms with Gasteiger partial charge in [0.15, 0.2) is 6.10 Å². The van der Waals surface area contributed by atoms with Gasteiger partial charge in [-0.05, 0) is 36.8 Å². The molecule has 0 spiro atoms. The highest BCUT2D eigenvalue weighted by atomic mass is 16.5. The fourth-order valence-electron chi connectivity index (χ4n) is 4.14. The molecular formula is C25H25N3O6. The minimum Gasteiger partial charge on any atom is -0.449 e. The number of esters is 1. The third-order valence-corrected chi connectivity index (χ3v) is 6.05. The standard InChI is InChI=1S/C25H25N3O6/c1-16(22(30)27-12-10-26(11-13-27)17(2)29)34-25(33)19-7-5-6-18(14-19)15-28-23(31)20-8-3-4-9-21(20)24(28)32/h3-9,14,16H,10-13,15H2,1-2H3. The maximum absolute atomic E-state index is 12.7. The number of hydrogen-bond donors (Lipinski definition) is 0. The molecule has 34 heavy (non-hydrogen) atoms. The van der Waals surface area contributed by atoms with Crippen molar-refractivity contribution in [1.82, 2.24) is 14.7 Å². The zero-order chi connectivity index (χ0) is 24.4. The summed E-state index contributed by atoms with van der Waals surface area (Å²) >= 11 is 0. The summed E-state index contributed by atoms with van der Waals surface area (Å²) in [4.78, 5) is 66.4. The van der Waals surface area contributed by atoms with E-state index in [1.807, 2.05) is 0 Å². The number of benzene rings is 2. The minimum atomic E-state index is -0.990. The summed E-state index contributed by atoms with van der Waals surface area (Å²) in [5, 5.41) is 0. The van der Waals surface area contributed by atoms with Gasteiger partial charge in [0.1, 0.15) is 0 Å². The van der Waals surface area contributed by atoms with E-state index in [2.05, 4.69) is 0 Å². The first-order chi connectivity index (χ1) is 16.3. The number of ether oxygens (including phenoxy) is 1. The molecule has 9 nitrogen and oxygen atoms in total. The average molecular weight is 463 g/mol. The average Bonchev–Trinajstić information content (AvgIpc) is 3.08. The van der Waals surface area contributed by atoms with Crippen LogP contribution in [0.2, 0.25) is 0 Å². The number of imide groups is 1. The SMILES string of the molecule is CC(=O)N1CCN(C(=O)C(C)OC(=O)c2cccc(CN3C(=O)c4ccccc4C3=O)c2)CC1. The predicted octanol–water partition coefficient (Wildman–Crippen LogP) is 1.72. The van der Waals surface area contributed by atoms with E-state index in [0.717, 1.165) is 4.90 Å². The van der Waals surface area contributed by atoms with Crippen LogP contribution in [0.4, 0.5) is 0 Å². The van der Waals surface area contributed by atoms with E-state index in [0.29, 0.717) is 42.9 Å². The molecule has 2 heterocycles. The Morgan fingerprint density at radius 1 is 0.882 bits per heavy atom. The number of hydrogen-bond acceptors (Lipinski definition) is 6. The summed E-state index contributed by atoms with van der Waals surface area (Å²) in [6, 6.07) is 13.1. The second-order valence-corrected chi connectivity index (χ2v) is 8.32. The van der Waals surface area contributed by atoms with Crippen LogP contribution in [0.5, 0.6) is 0 Å². The van der Waals surface area contributed by atoms with Crippen molar-refractivity contribution in [2.45, 2.75) is 26.5 Å². The van der Waals surface area contributed by atoms with Gasteiger partial charge in [-0.25, -0.2) is 4.79 Å². The molecule has 2 aliphatic rings. The molecule has 4 rings (SSSR count). The molecule has 4 amide bonds. The summed E-state index contributed by atoms with van der Waals surface area (Å²) < 4.78 is 5.39. The number of carbonyl (C=O) groups excluding carboxylic acids is 5.